The summed E-state index contributed by atoms with van der Waals surface area (Å²) in [4.78, 5) is 23.9. The lowest BCUT2D eigenvalue weighted by Gasteiger charge is -2.24. The predicted octanol–water partition coefficient (Wildman–Crippen LogP) is 5.57. The number of ether oxygens (including phenoxy) is 2. The second kappa shape index (κ2) is 15.5. The first-order chi connectivity index (χ1) is 11.5. The molecule has 0 aromatic rings. The van der Waals surface area contributed by atoms with Gasteiger partial charge < -0.3 is 9.47 Å². The minimum Gasteiger partial charge on any atom is -0.459 e. The monoisotopic (exact) mass is 342 g/mol. The van der Waals surface area contributed by atoms with E-state index in [-0.39, 0.29) is 24.1 Å². The molecular formula is C20H38O4. The Bertz CT molecular complexity index is 328. The van der Waals surface area contributed by atoms with Crippen molar-refractivity contribution in [1.82, 2.24) is 0 Å². The van der Waals surface area contributed by atoms with Crippen LogP contribution >= 0.6 is 0 Å². The van der Waals surface area contributed by atoms with Crippen LogP contribution in [-0.2, 0) is 19.1 Å². The van der Waals surface area contributed by atoms with Crippen LogP contribution in [-0.4, -0.2) is 24.1 Å². The molecule has 0 aromatic heterocycles. The van der Waals surface area contributed by atoms with Crippen molar-refractivity contribution in [2.75, 3.05) is 0 Å². The fourth-order valence-electron chi connectivity index (χ4n) is 2.64. The molecule has 4 heteroatoms. The molecule has 2 atom stereocenters. The van der Waals surface area contributed by atoms with E-state index in [2.05, 4.69) is 13.8 Å². The lowest BCUT2D eigenvalue weighted by atomic mass is 10.1. The topological polar surface area (TPSA) is 52.6 Å². The summed E-state index contributed by atoms with van der Waals surface area (Å²) >= 11 is 0. The van der Waals surface area contributed by atoms with Crippen molar-refractivity contribution in [1.29, 1.82) is 0 Å². The van der Waals surface area contributed by atoms with Crippen molar-refractivity contribution < 1.29 is 19.1 Å². The Kier molecular flexibility index (Phi) is 14.8. The SMILES string of the molecule is CCCCCCC(=O)OC(C)C(CCC)OC(=O)CCCCCC. The van der Waals surface area contributed by atoms with Crippen molar-refractivity contribution in [3.8, 4) is 0 Å². The average molecular weight is 343 g/mol. The van der Waals surface area contributed by atoms with Gasteiger partial charge in [-0.05, 0) is 26.2 Å². The summed E-state index contributed by atoms with van der Waals surface area (Å²) in [5, 5.41) is 0. The quantitative estimate of drug-likeness (QED) is 0.288. The van der Waals surface area contributed by atoms with E-state index in [0.717, 1.165) is 64.2 Å². The maximum absolute atomic E-state index is 12.0. The molecule has 0 aliphatic heterocycles. The molecule has 0 saturated heterocycles. The molecule has 0 aliphatic rings. The van der Waals surface area contributed by atoms with E-state index < -0.39 is 0 Å². The predicted molar refractivity (Wildman–Crippen MR) is 97.9 cm³/mol. The molecule has 0 heterocycles. The minimum atomic E-state index is -0.372. The highest BCUT2D eigenvalue weighted by atomic mass is 16.6. The maximum Gasteiger partial charge on any atom is 0.306 e. The fraction of sp³-hybridized carbons (Fsp3) is 0.900. The molecule has 0 radical (unpaired) electrons. The summed E-state index contributed by atoms with van der Waals surface area (Å²) in [6, 6.07) is 0. The highest BCUT2D eigenvalue weighted by Gasteiger charge is 2.24. The molecule has 0 rings (SSSR count). The number of unbranched alkanes of at least 4 members (excludes halogenated alkanes) is 6. The van der Waals surface area contributed by atoms with Crippen molar-refractivity contribution in [2.24, 2.45) is 0 Å². The van der Waals surface area contributed by atoms with E-state index in [0.29, 0.717) is 12.8 Å². The summed E-state index contributed by atoms with van der Waals surface area (Å²) in [6.45, 7) is 8.16. The van der Waals surface area contributed by atoms with Crippen LogP contribution in [0, 0.1) is 0 Å². The Balaban J connectivity index is 4.17. The van der Waals surface area contributed by atoms with Crippen LogP contribution in [0.25, 0.3) is 0 Å². The number of rotatable bonds is 15. The first-order valence-corrected chi connectivity index (χ1v) is 9.94. The van der Waals surface area contributed by atoms with E-state index in [4.69, 9.17) is 9.47 Å². The number of carbonyl (C=O) groups excluding carboxylic acids is 2. The lowest BCUT2D eigenvalue weighted by molar-refractivity contribution is -0.167. The van der Waals surface area contributed by atoms with Crippen LogP contribution in [0.15, 0.2) is 0 Å². The first kappa shape index (κ1) is 22.9. The van der Waals surface area contributed by atoms with Gasteiger partial charge in [0, 0.05) is 12.8 Å². The second-order valence-electron chi connectivity index (χ2n) is 6.63. The molecule has 142 valence electrons. The highest BCUT2D eigenvalue weighted by Crippen LogP contribution is 2.15. The molecule has 0 fully saturated rings. The van der Waals surface area contributed by atoms with Crippen molar-refractivity contribution in [3.05, 3.63) is 0 Å². The third kappa shape index (κ3) is 12.4. The van der Waals surface area contributed by atoms with Crippen LogP contribution < -0.4 is 0 Å². The third-order valence-corrected chi connectivity index (χ3v) is 4.17. The number of hydrogen-bond donors (Lipinski definition) is 0. The summed E-state index contributed by atoms with van der Waals surface area (Å²) in [5.41, 5.74) is 0. The average Bonchev–Trinajstić information content (AvgIpc) is 2.55. The van der Waals surface area contributed by atoms with Crippen LogP contribution in [0.3, 0.4) is 0 Å². The zero-order chi connectivity index (χ0) is 18.2. The molecule has 0 N–H and O–H groups in total. The molecule has 2 unspecified atom stereocenters. The van der Waals surface area contributed by atoms with Crippen LogP contribution in [0.1, 0.15) is 105 Å². The largest absolute Gasteiger partial charge is 0.459 e. The van der Waals surface area contributed by atoms with Gasteiger partial charge in [-0.2, -0.15) is 0 Å². The van der Waals surface area contributed by atoms with Gasteiger partial charge in [-0.15, -0.1) is 0 Å². The lowest BCUT2D eigenvalue weighted by Crippen LogP contribution is -2.33. The first-order valence-electron chi connectivity index (χ1n) is 9.94. The van der Waals surface area contributed by atoms with E-state index in [9.17, 15) is 9.59 Å². The molecule has 0 aromatic carbocycles. The molecule has 0 spiro atoms. The zero-order valence-corrected chi connectivity index (χ0v) is 16.3. The van der Waals surface area contributed by atoms with Gasteiger partial charge in [-0.25, -0.2) is 0 Å². The van der Waals surface area contributed by atoms with Gasteiger partial charge in [0.15, 0.2) is 0 Å². The number of esters is 2. The van der Waals surface area contributed by atoms with Crippen molar-refractivity contribution >= 4 is 11.9 Å². The molecule has 0 bridgehead atoms. The zero-order valence-electron chi connectivity index (χ0n) is 16.3. The van der Waals surface area contributed by atoms with E-state index in [1.807, 2.05) is 13.8 Å². The van der Waals surface area contributed by atoms with Crippen molar-refractivity contribution in [3.63, 3.8) is 0 Å². The molecular weight excluding hydrogens is 304 g/mol. The molecule has 24 heavy (non-hydrogen) atoms. The van der Waals surface area contributed by atoms with Gasteiger partial charge in [0.05, 0.1) is 0 Å². The molecule has 0 aliphatic carbocycles. The van der Waals surface area contributed by atoms with E-state index >= 15 is 0 Å². The summed E-state index contributed by atoms with van der Waals surface area (Å²) in [7, 11) is 0. The third-order valence-electron chi connectivity index (χ3n) is 4.17. The van der Waals surface area contributed by atoms with Gasteiger partial charge in [0.25, 0.3) is 0 Å². The number of hydrogen-bond acceptors (Lipinski definition) is 4. The Morgan fingerprint density at radius 3 is 1.67 bits per heavy atom. The van der Waals surface area contributed by atoms with Gasteiger partial charge >= 0.3 is 11.9 Å². The molecule has 4 nitrogen and oxygen atoms in total. The Morgan fingerprint density at radius 1 is 0.708 bits per heavy atom. The number of carbonyl (C=O) groups is 2. The van der Waals surface area contributed by atoms with Crippen molar-refractivity contribution in [2.45, 2.75) is 117 Å². The highest BCUT2D eigenvalue weighted by molar-refractivity contribution is 5.70. The smallest absolute Gasteiger partial charge is 0.306 e. The van der Waals surface area contributed by atoms with Gasteiger partial charge in [0.1, 0.15) is 12.2 Å². The van der Waals surface area contributed by atoms with Gasteiger partial charge in [-0.3, -0.25) is 9.59 Å². The minimum absolute atomic E-state index is 0.171. The van der Waals surface area contributed by atoms with Gasteiger partial charge in [0.2, 0.25) is 0 Å². The maximum atomic E-state index is 12.0. The summed E-state index contributed by atoms with van der Waals surface area (Å²) < 4.78 is 11.0. The van der Waals surface area contributed by atoms with E-state index in [1.165, 1.54) is 0 Å². The van der Waals surface area contributed by atoms with Gasteiger partial charge in [-0.1, -0.05) is 65.7 Å². The summed E-state index contributed by atoms with van der Waals surface area (Å²) in [5.74, 6) is -0.353. The Hall–Kier alpha value is -1.06. The standard InChI is InChI=1S/C20H38O4/c1-5-8-10-12-15-19(21)23-17(4)18(14-7-3)24-20(22)16-13-11-9-6-2/h17-18H,5-16H2,1-4H3. The Labute approximate surface area is 148 Å². The van der Waals surface area contributed by atoms with Crippen LogP contribution in [0.2, 0.25) is 0 Å². The fourth-order valence-corrected chi connectivity index (χ4v) is 2.64. The Morgan fingerprint density at radius 2 is 1.21 bits per heavy atom. The molecule has 0 saturated carbocycles. The normalized spacial score (nSPS) is 13.3. The molecule has 0 amide bonds. The van der Waals surface area contributed by atoms with E-state index in [1.54, 1.807) is 0 Å². The van der Waals surface area contributed by atoms with Crippen LogP contribution in [0.5, 0.6) is 0 Å². The van der Waals surface area contributed by atoms with Crippen LogP contribution in [0.4, 0.5) is 0 Å². The second-order valence-corrected chi connectivity index (χ2v) is 6.63. The summed E-state index contributed by atoms with van der Waals surface area (Å²) in [6.07, 6.45) is 10.3.